The molecule has 5 heteroatoms. The molecule has 0 radical (unpaired) electrons. The number of imide groups is 1. The van der Waals surface area contributed by atoms with Gasteiger partial charge in [-0.1, -0.05) is 18.2 Å². The molecule has 90 valence electrons. The molecule has 5 nitrogen and oxygen atoms in total. The van der Waals surface area contributed by atoms with E-state index in [0.29, 0.717) is 16.0 Å². The molecule has 0 aliphatic carbocycles. The Labute approximate surface area is 98.7 Å². The van der Waals surface area contributed by atoms with Crippen molar-refractivity contribution in [3.8, 4) is 0 Å². The highest BCUT2D eigenvalue weighted by atomic mass is 16.4. The third-order valence-corrected chi connectivity index (χ3v) is 2.29. The molecule has 0 fully saturated rings. The van der Waals surface area contributed by atoms with Gasteiger partial charge in [-0.05, 0) is 18.6 Å². The van der Waals surface area contributed by atoms with E-state index >= 15 is 0 Å². The summed E-state index contributed by atoms with van der Waals surface area (Å²) in [5, 5.41) is 8.65. The van der Waals surface area contributed by atoms with Gasteiger partial charge in [0, 0.05) is 12.5 Å². The number of hydrogen-bond donors (Lipinski definition) is 1. The summed E-state index contributed by atoms with van der Waals surface area (Å²) in [5.41, 5.74) is 1.04. The number of rotatable bonds is 3. The van der Waals surface area contributed by atoms with Crippen LogP contribution in [0.5, 0.6) is 0 Å². The van der Waals surface area contributed by atoms with Gasteiger partial charge in [-0.15, -0.1) is 0 Å². The van der Waals surface area contributed by atoms with Crippen LogP contribution >= 0.6 is 0 Å². The second-order valence-electron chi connectivity index (χ2n) is 3.62. The van der Waals surface area contributed by atoms with Gasteiger partial charge in [0.05, 0.1) is 0 Å². The van der Waals surface area contributed by atoms with Crippen LogP contribution in [-0.2, 0) is 9.59 Å². The molecule has 1 rings (SSSR count). The number of hydrogen-bond acceptors (Lipinski definition) is 3. The monoisotopic (exact) mass is 235 g/mol. The summed E-state index contributed by atoms with van der Waals surface area (Å²) in [7, 11) is 0. The largest absolute Gasteiger partial charge is 0.480 e. The first-order chi connectivity index (χ1) is 7.93. The zero-order valence-electron chi connectivity index (χ0n) is 9.64. The Morgan fingerprint density at radius 1 is 1.24 bits per heavy atom. The molecule has 17 heavy (non-hydrogen) atoms. The van der Waals surface area contributed by atoms with Gasteiger partial charge < -0.3 is 5.11 Å². The zero-order valence-corrected chi connectivity index (χ0v) is 9.64. The Kier molecular flexibility index (Phi) is 3.98. The van der Waals surface area contributed by atoms with Gasteiger partial charge in [0.25, 0.3) is 5.91 Å². The average molecular weight is 235 g/mol. The molecule has 1 N–H and O–H groups in total. The van der Waals surface area contributed by atoms with Crippen molar-refractivity contribution in [2.45, 2.75) is 13.8 Å². The minimum Gasteiger partial charge on any atom is -0.480 e. The van der Waals surface area contributed by atoms with Crippen molar-refractivity contribution in [1.29, 1.82) is 0 Å². The Morgan fingerprint density at radius 2 is 1.82 bits per heavy atom. The maximum absolute atomic E-state index is 12.0. The first-order valence-electron chi connectivity index (χ1n) is 5.03. The first-order valence-corrected chi connectivity index (χ1v) is 5.03. The molecule has 0 atom stereocenters. The van der Waals surface area contributed by atoms with Gasteiger partial charge in [0.2, 0.25) is 5.91 Å². The van der Waals surface area contributed by atoms with Crippen LogP contribution in [0.15, 0.2) is 24.3 Å². The van der Waals surface area contributed by atoms with E-state index in [9.17, 15) is 14.4 Å². The number of carbonyl (C=O) groups excluding carboxylic acids is 2. The summed E-state index contributed by atoms with van der Waals surface area (Å²) in [6, 6.07) is 6.72. The maximum Gasteiger partial charge on any atom is 0.323 e. The second-order valence-corrected chi connectivity index (χ2v) is 3.62. The van der Waals surface area contributed by atoms with Gasteiger partial charge in [-0.25, -0.2) is 0 Å². The number of carboxylic acid groups (broad SMARTS) is 1. The Balaban J connectivity index is 3.04. The van der Waals surface area contributed by atoms with E-state index in [2.05, 4.69) is 0 Å². The number of aryl methyl sites for hydroxylation is 1. The average Bonchev–Trinajstić information content (AvgIpc) is 2.25. The molecule has 0 spiro atoms. The van der Waals surface area contributed by atoms with Crippen LogP contribution in [0, 0.1) is 6.92 Å². The van der Waals surface area contributed by atoms with Crippen molar-refractivity contribution >= 4 is 17.8 Å². The SMILES string of the molecule is CC(=O)N(CC(=O)O)C(=O)c1ccccc1C. The van der Waals surface area contributed by atoms with E-state index in [1.807, 2.05) is 0 Å². The van der Waals surface area contributed by atoms with E-state index < -0.39 is 24.3 Å². The van der Waals surface area contributed by atoms with Crippen molar-refractivity contribution < 1.29 is 19.5 Å². The van der Waals surface area contributed by atoms with Crippen molar-refractivity contribution in [2.75, 3.05) is 6.54 Å². The van der Waals surface area contributed by atoms with Crippen molar-refractivity contribution in [1.82, 2.24) is 4.90 Å². The number of nitrogens with zero attached hydrogens (tertiary/aromatic N) is 1. The lowest BCUT2D eigenvalue weighted by molar-refractivity contribution is -0.142. The molecular formula is C12H13NO4. The van der Waals surface area contributed by atoms with Crippen LogP contribution in [-0.4, -0.2) is 34.3 Å². The predicted octanol–water partition coefficient (Wildman–Crippen LogP) is 1.07. The highest BCUT2D eigenvalue weighted by Crippen LogP contribution is 2.10. The third kappa shape index (κ3) is 3.14. The molecule has 0 aliphatic heterocycles. The van der Waals surface area contributed by atoms with E-state index in [4.69, 9.17) is 5.11 Å². The summed E-state index contributed by atoms with van der Waals surface area (Å²) in [6.45, 7) is 2.27. The van der Waals surface area contributed by atoms with Crippen LogP contribution in [0.3, 0.4) is 0 Å². The Morgan fingerprint density at radius 3 is 2.29 bits per heavy atom. The summed E-state index contributed by atoms with van der Waals surface area (Å²) in [5.74, 6) is -2.39. The highest BCUT2D eigenvalue weighted by molar-refractivity contribution is 6.06. The molecule has 0 saturated carbocycles. The minimum atomic E-state index is -1.22. The number of aliphatic carboxylic acids is 1. The van der Waals surface area contributed by atoms with Crippen LogP contribution in [0.25, 0.3) is 0 Å². The number of carboxylic acids is 1. The molecule has 0 aromatic heterocycles. The predicted molar refractivity (Wildman–Crippen MR) is 60.5 cm³/mol. The van der Waals surface area contributed by atoms with Crippen LogP contribution < -0.4 is 0 Å². The second kappa shape index (κ2) is 5.25. The minimum absolute atomic E-state index is 0.337. The molecule has 2 amide bonds. The molecule has 1 aromatic carbocycles. The highest BCUT2D eigenvalue weighted by Gasteiger charge is 2.23. The Hall–Kier alpha value is -2.17. The lowest BCUT2D eigenvalue weighted by atomic mass is 10.1. The Bertz CT molecular complexity index is 467. The fourth-order valence-electron chi connectivity index (χ4n) is 1.42. The maximum atomic E-state index is 12.0. The number of carbonyl (C=O) groups is 3. The summed E-state index contributed by atoms with van der Waals surface area (Å²) in [6.07, 6.45) is 0. The molecule has 0 bridgehead atoms. The fraction of sp³-hybridized carbons (Fsp3) is 0.250. The van der Waals surface area contributed by atoms with Crippen molar-refractivity contribution in [2.24, 2.45) is 0 Å². The number of benzene rings is 1. The van der Waals surface area contributed by atoms with E-state index in [1.54, 1.807) is 31.2 Å². The lowest BCUT2D eigenvalue weighted by Crippen LogP contribution is -2.39. The van der Waals surface area contributed by atoms with Crippen molar-refractivity contribution in [3.63, 3.8) is 0 Å². The molecule has 0 saturated heterocycles. The lowest BCUT2D eigenvalue weighted by Gasteiger charge is -2.17. The molecule has 1 aromatic rings. The van der Waals surface area contributed by atoms with Gasteiger partial charge >= 0.3 is 5.97 Å². The fourth-order valence-corrected chi connectivity index (χ4v) is 1.42. The van der Waals surface area contributed by atoms with Crippen LogP contribution in [0.1, 0.15) is 22.8 Å². The quantitative estimate of drug-likeness (QED) is 0.850. The van der Waals surface area contributed by atoms with E-state index in [-0.39, 0.29) is 0 Å². The van der Waals surface area contributed by atoms with Gasteiger partial charge in [0.1, 0.15) is 6.54 Å². The van der Waals surface area contributed by atoms with Gasteiger partial charge in [-0.2, -0.15) is 0 Å². The molecular weight excluding hydrogens is 222 g/mol. The van der Waals surface area contributed by atoms with Gasteiger partial charge in [-0.3, -0.25) is 19.3 Å². The normalized spacial score (nSPS) is 9.76. The summed E-state index contributed by atoms with van der Waals surface area (Å²) < 4.78 is 0. The van der Waals surface area contributed by atoms with Crippen LogP contribution in [0.4, 0.5) is 0 Å². The standard InChI is InChI=1S/C12H13NO4/c1-8-5-3-4-6-10(8)12(17)13(9(2)14)7-11(15)16/h3-6H,7H2,1-2H3,(H,15,16). The summed E-state index contributed by atoms with van der Waals surface area (Å²) in [4.78, 5) is 34.5. The molecule has 0 unspecified atom stereocenters. The van der Waals surface area contributed by atoms with Crippen molar-refractivity contribution in [3.05, 3.63) is 35.4 Å². The van der Waals surface area contributed by atoms with E-state index in [0.717, 1.165) is 0 Å². The van der Waals surface area contributed by atoms with Gasteiger partial charge in [0.15, 0.2) is 0 Å². The zero-order chi connectivity index (χ0) is 13.0. The smallest absolute Gasteiger partial charge is 0.323 e. The summed E-state index contributed by atoms with van der Waals surface area (Å²) >= 11 is 0. The van der Waals surface area contributed by atoms with E-state index in [1.165, 1.54) is 6.92 Å². The third-order valence-electron chi connectivity index (χ3n) is 2.29. The molecule has 0 heterocycles. The molecule has 0 aliphatic rings. The first kappa shape index (κ1) is 12.9. The van der Waals surface area contributed by atoms with Crippen LogP contribution in [0.2, 0.25) is 0 Å². The topological polar surface area (TPSA) is 74.7 Å². The number of amides is 2.